The molecular formula is C8H17O2P. The molecule has 0 aromatic rings. The van der Waals surface area contributed by atoms with Crippen LogP contribution in [0.4, 0.5) is 0 Å². The van der Waals surface area contributed by atoms with Gasteiger partial charge in [0, 0.05) is 0 Å². The van der Waals surface area contributed by atoms with Crippen LogP contribution in [0.1, 0.15) is 26.7 Å². The molecule has 0 saturated heterocycles. The molecular weight excluding hydrogens is 159 g/mol. The molecule has 0 radical (unpaired) electrons. The van der Waals surface area contributed by atoms with Gasteiger partial charge in [-0.2, -0.15) is 0 Å². The fourth-order valence-electron chi connectivity index (χ4n) is 0.899. The van der Waals surface area contributed by atoms with Crippen molar-refractivity contribution in [2.75, 3.05) is 12.8 Å². The van der Waals surface area contributed by atoms with Gasteiger partial charge in [-0.3, -0.25) is 4.79 Å². The summed E-state index contributed by atoms with van der Waals surface area (Å²) in [5.74, 6) is 0.0593. The van der Waals surface area contributed by atoms with Crippen molar-refractivity contribution < 1.29 is 9.53 Å². The van der Waals surface area contributed by atoms with Gasteiger partial charge < -0.3 is 4.74 Å². The lowest BCUT2D eigenvalue weighted by atomic mass is 10.0. The van der Waals surface area contributed by atoms with Crippen LogP contribution < -0.4 is 0 Å². The lowest BCUT2D eigenvalue weighted by Crippen LogP contribution is -2.17. The summed E-state index contributed by atoms with van der Waals surface area (Å²) in [7, 11) is 2.53. The molecule has 0 fully saturated rings. The van der Waals surface area contributed by atoms with Gasteiger partial charge in [0.1, 0.15) is 0 Å². The summed E-state index contributed by atoms with van der Waals surface area (Å²) >= 11 is 0. The molecule has 0 bridgehead atoms. The van der Waals surface area contributed by atoms with Crippen molar-refractivity contribution in [2.24, 2.45) is 5.92 Å². The quantitative estimate of drug-likeness (QED) is 0.472. The lowest BCUT2D eigenvalue weighted by molar-refractivity contribution is -0.148. The van der Waals surface area contributed by atoms with Gasteiger partial charge in [-0.1, -0.05) is 13.8 Å². The average molecular weight is 176 g/mol. The molecule has 2 nitrogen and oxygen atoms in total. The Kier molecular flexibility index (Phi) is 6.54. The number of hydrogen-bond donors (Lipinski definition) is 0. The van der Waals surface area contributed by atoms with Gasteiger partial charge in [-0.15, -0.1) is 9.24 Å². The second-order valence-corrected chi connectivity index (χ2v) is 3.05. The highest BCUT2D eigenvalue weighted by atomic mass is 31.0. The first kappa shape index (κ1) is 10.9. The molecule has 0 heterocycles. The molecule has 0 aromatic heterocycles. The third kappa shape index (κ3) is 4.36. The van der Waals surface area contributed by atoms with Crippen LogP contribution in [0.15, 0.2) is 0 Å². The van der Waals surface area contributed by atoms with E-state index in [1.54, 1.807) is 0 Å². The van der Waals surface area contributed by atoms with E-state index in [0.717, 1.165) is 19.0 Å². The van der Waals surface area contributed by atoms with Crippen molar-refractivity contribution in [1.82, 2.24) is 0 Å². The van der Waals surface area contributed by atoms with Gasteiger partial charge in [-0.05, 0) is 19.0 Å². The van der Waals surface area contributed by atoms with E-state index in [4.69, 9.17) is 4.74 Å². The summed E-state index contributed by atoms with van der Waals surface area (Å²) in [5, 5.41) is 0. The van der Waals surface area contributed by atoms with Crippen LogP contribution >= 0.6 is 9.24 Å². The predicted octanol–water partition coefficient (Wildman–Crippen LogP) is 1.84. The van der Waals surface area contributed by atoms with Crippen molar-refractivity contribution in [3.8, 4) is 0 Å². The summed E-state index contributed by atoms with van der Waals surface area (Å²) in [5.41, 5.74) is 0. The lowest BCUT2D eigenvalue weighted by Gasteiger charge is -2.10. The highest BCUT2D eigenvalue weighted by Crippen LogP contribution is 2.09. The molecule has 0 saturated carbocycles. The predicted molar refractivity (Wildman–Crippen MR) is 49.6 cm³/mol. The Bertz CT molecular complexity index is 111. The molecule has 3 heteroatoms. The van der Waals surface area contributed by atoms with Crippen LogP contribution in [0, 0.1) is 5.92 Å². The van der Waals surface area contributed by atoms with E-state index >= 15 is 0 Å². The molecule has 0 rings (SSSR count). The smallest absolute Gasteiger partial charge is 0.308 e. The topological polar surface area (TPSA) is 26.3 Å². The van der Waals surface area contributed by atoms with Gasteiger partial charge in [-0.25, -0.2) is 0 Å². The fourth-order valence-corrected chi connectivity index (χ4v) is 1.02. The summed E-state index contributed by atoms with van der Waals surface area (Å²) in [4.78, 5) is 11.1. The highest BCUT2D eigenvalue weighted by molar-refractivity contribution is 7.16. The summed E-state index contributed by atoms with van der Waals surface area (Å²) in [6.45, 7) is 4.55. The van der Waals surface area contributed by atoms with Crippen molar-refractivity contribution in [3.63, 3.8) is 0 Å². The molecule has 0 N–H and O–H groups in total. The number of ether oxygens (including phenoxy) is 1. The van der Waals surface area contributed by atoms with E-state index in [2.05, 4.69) is 9.24 Å². The van der Waals surface area contributed by atoms with Crippen LogP contribution in [-0.2, 0) is 9.53 Å². The van der Waals surface area contributed by atoms with Crippen molar-refractivity contribution in [1.29, 1.82) is 0 Å². The highest BCUT2D eigenvalue weighted by Gasteiger charge is 2.14. The maximum atomic E-state index is 11.1. The maximum Gasteiger partial charge on any atom is 0.308 e. The van der Waals surface area contributed by atoms with Crippen molar-refractivity contribution in [2.45, 2.75) is 26.7 Å². The minimum Gasteiger partial charge on any atom is -0.465 e. The van der Waals surface area contributed by atoms with E-state index < -0.39 is 0 Å². The SMILES string of the molecule is CCC(CC)C(=O)OCCP. The van der Waals surface area contributed by atoms with Crippen LogP contribution in [0.25, 0.3) is 0 Å². The number of esters is 1. The van der Waals surface area contributed by atoms with Gasteiger partial charge in [0.25, 0.3) is 0 Å². The molecule has 11 heavy (non-hydrogen) atoms. The summed E-state index contributed by atoms with van der Waals surface area (Å²) < 4.78 is 4.98. The Hall–Kier alpha value is -0.100. The van der Waals surface area contributed by atoms with E-state index in [-0.39, 0.29) is 11.9 Å². The molecule has 0 amide bonds. The van der Waals surface area contributed by atoms with Gasteiger partial charge >= 0.3 is 5.97 Å². The maximum absolute atomic E-state index is 11.1. The molecule has 1 atom stereocenters. The third-order valence-electron chi connectivity index (χ3n) is 1.68. The molecule has 0 aliphatic carbocycles. The first-order valence-corrected chi connectivity index (χ1v) is 4.94. The number of carbonyl (C=O) groups excluding carboxylic acids is 1. The molecule has 0 aliphatic heterocycles. The zero-order valence-corrected chi connectivity index (χ0v) is 8.45. The second kappa shape index (κ2) is 6.60. The van der Waals surface area contributed by atoms with Crippen LogP contribution in [0.3, 0.4) is 0 Å². The number of rotatable bonds is 5. The third-order valence-corrected chi connectivity index (χ3v) is 1.92. The van der Waals surface area contributed by atoms with Crippen molar-refractivity contribution >= 4 is 15.2 Å². The van der Waals surface area contributed by atoms with E-state index in [9.17, 15) is 4.79 Å². The largest absolute Gasteiger partial charge is 0.465 e. The van der Waals surface area contributed by atoms with Crippen LogP contribution in [0.2, 0.25) is 0 Å². The Labute approximate surface area is 70.9 Å². The van der Waals surface area contributed by atoms with Crippen LogP contribution in [-0.4, -0.2) is 18.7 Å². The van der Waals surface area contributed by atoms with Gasteiger partial charge in [0.2, 0.25) is 0 Å². The Balaban J connectivity index is 3.61. The molecule has 0 spiro atoms. The van der Waals surface area contributed by atoms with Gasteiger partial charge in [0.05, 0.1) is 12.5 Å². The number of hydrogen-bond acceptors (Lipinski definition) is 2. The Morgan fingerprint density at radius 3 is 2.36 bits per heavy atom. The fraction of sp³-hybridized carbons (Fsp3) is 0.875. The average Bonchev–Trinajstić information content (AvgIpc) is 2.03. The van der Waals surface area contributed by atoms with Crippen LogP contribution in [0.5, 0.6) is 0 Å². The summed E-state index contributed by atoms with van der Waals surface area (Å²) in [6, 6.07) is 0. The Morgan fingerprint density at radius 2 is 2.00 bits per heavy atom. The first-order chi connectivity index (χ1) is 5.26. The van der Waals surface area contributed by atoms with E-state index in [1.807, 2.05) is 13.8 Å². The minimum atomic E-state index is -0.0440. The monoisotopic (exact) mass is 176 g/mol. The van der Waals surface area contributed by atoms with E-state index in [0.29, 0.717) is 6.61 Å². The molecule has 0 aromatic carbocycles. The first-order valence-electron chi connectivity index (χ1n) is 4.12. The Morgan fingerprint density at radius 1 is 1.45 bits per heavy atom. The second-order valence-electron chi connectivity index (χ2n) is 2.47. The van der Waals surface area contributed by atoms with Gasteiger partial charge in [0.15, 0.2) is 0 Å². The number of carbonyl (C=O) groups is 1. The summed E-state index contributed by atoms with van der Waals surface area (Å²) in [6.07, 6.45) is 2.59. The zero-order chi connectivity index (χ0) is 8.69. The normalized spacial score (nSPS) is 10.2. The van der Waals surface area contributed by atoms with Crippen molar-refractivity contribution in [3.05, 3.63) is 0 Å². The standard InChI is InChI=1S/C8H17O2P/c1-3-7(4-2)8(9)10-5-6-11/h7H,3-6,11H2,1-2H3. The molecule has 66 valence electrons. The molecule has 0 aliphatic rings. The van der Waals surface area contributed by atoms with E-state index in [1.165, 1.54) is 0 Å². The molecule has 1 unspecified atom stereocenters. The zero-order valence-electron chi connectivity index (χ0n) is 7.30. The minimum absolute atomic E-state index is 0.0440.